The second kappa shape index (κ2) is 6.13. The van der Waals surface area contributed by atoms with E-state index < -0.39 is 0 Å². The monoisotopic (exact) mass is 309 g/mol. The molecule has 0 aliphatic carbocycles. The average molecular weight is 310 g/mol. The molecule has 1 fully saturated rings. The molecule has 1 saturated heterocycles. The molecule has 1 aliphatic rings. The van der Waals surface area contributed by atoms with Gasteiger partial charge in [0.05, 0.1) is 19.3 Å². The molecule has 0 bridgehead atoms. The third-order valence-corrected chi connectivity index (χ3v) is 4.02. The first-order chi connectivity index (χ1) is 10.1. The van der Waals surface area contributed by atoms with Crippen LogP contribution in [0.4, 0.5) is 4.39 Å². The number of aromatic nitrogens is 2. The standard InChI is InChI=1S/C15H17ClFN3O/c1-10-7-18-15(19-10)14-9-21-5-4-20(14)8-11-2-3-12(17)6-13(11)16/h2-3,6-7,14H,4-5,8-9H2,1H3,(H,18,19). The Bertz CT molecular complexity index is 631. The molecule has 0 saturated carbocycles. The fraction of sp³-hybridized carbons (Fsp3) is 0.400. The molecule has 1 aromatic carbocycles. The van der Waals surface area contributed by atoms with Crippen molar-refractivity contribution in [1.82, 2.24) is 14.9 Å². The van der Waals surface area contributed by atoms with E-state index in [0.717, 1.165) is 23.6 Å². The number of halogens is 2. The lowest BCUT2D eigenvalue weighted by Gasteiger charge is -2.34. The number of rotatable bonds is 3. The number of hydrogen-bond acceptors (Lipinski definition) is 3. The fourth-order valence-corrected chi connectivity index (χ4v) is 2.78. The zero-order valence-corrected chi connectivity index (χ0v) is 12.5. The summed E-state index contributed by atoms with van der Waals surface area (Å²) in [6.07, 6.45) is 1.81. The highest BCUT2D eigenvalue weighted by Crippen LogP contribution is 2.26. The molecule has 2 heterocycles. The van der Waals surface area contributed by atoms with Crippen molar-refractivity contribution in [3.63, 3.8) is 0 Å². The molecule has 21 heavy (non-hydrogen) atoms. The molecular formula is C15H17ClFN3O. The molecule has 1 aliphatic heterocycles. The zero-order chi connectivity index (χ0) is 14.8. The van der Waals surface area contributed by atoms with Crippen molar-refractivity contribution < 1.29 is 9.13 Å². The summed E-state index contributed by atoms with van der Waals surface area (Å²) in [4.78, 5) is 9.91. The summed E-state index contributed by atoms with van der Waals surface area (Å²) in [6, 6.07) is 4.59. The number of nitrogens with one attached hydrogen (secondary N) is 1. The van der Waals surface area contributed by atoms with Crippen LogP contribution in [0.15, 0.2) is 24.4 Å². The number of aromatic amines is 1. The average Bonchev–Trinajstić information content (AvgIpc) is 2.89. The topological polar surface area (TPSA) is 41.1 Å². The maximum absolute atomic E-state index is 13.1. The van der Waals surface area contributed by atoms with Gasteiger partial charge in [0.15, 0.2) is 0 Å². The second-order valence-electron chi connectivity index (χ2n) is 5.25. The van der Waals surface area contributed by atoms with Gasteiger partial charge < -0.3 is 9.72 Å². The minimum atomic E-state index is -0.316. The van der Waals surface area contributed by atoms with E-state index >= 15 is 0 Å². The maximum Gasteiger partial charge on any atom is 0.126 e. The van der Waals surface area contributed by atoms with Crippen molar-refractivity contribution in [3.8, 4) is 0 Å². The molecule has 0 spiro atoms. The number of H-pyrrole nitrogens is 1. The Labute approximate surface area is 127 Å². The molecule has 4 nitrogen and oxygen atoms in total. The summed E-state index contributed by atoms with van der Waals surface area (Å²) < 4.78 is 18.7. The van der Waals surface area contributed by atoms with Gasteiger partial charge in [-0.15, -0.1) is 0 Å². The van der Waals surface area contributed by atoms with E-state index in [9.17, 15) is 4.39 Å². The first kappa shape index (κ1) is 14.5. The number of morpholine rings is 1. The van der Waals surface area contributed by atoms with Crippen molar-refractivity contribution in [1.29, 1.82) is 0 Å². The van der Waals surface area contributed by atoms with E-state index in [4.69, 9.17) is 16.3 Å². The molecule has 0 radical (unpaired) electrons. The SMILES string of the molecule is Cc1cnc(C2COCCN2Cc2ccc(F)cc2Cl)[nH]1. The molecule has 0 amide bonds. The number of nitrogens with zero attached hydrogens (tertiary/aromatic N) is 2. The largest absolute Gasteiger partial charge is 0.378 e. The third-order valence-electron chi connectivity index (χ3n) is 3.67. The highest BCUT2D eigenvalue weighted by molar-refractivity contribution is 6.31. The van der Waals surface area contributed by atoms with Gasteiger partial charge >= 0.3 is 0 Å². The van der Waals surface area contributed by atoms with Gasteiger partial charge in [0, 0.05) is 30.0 Å². The predicted molar refractivity (Wildman–Crippen MR) is 78.7 cm³/mol. The Kier molecular flexibility index (Phi) is 4.24. The lowest BCUT2D eigenvalue weighted by Crippen LogP contribution is -2.39. The Morgan fingerprint density at radius 2 is 2.38 bits per heavy atom. The normalized spacial score (nSPS) is 19.9. The Morgan fingerprint density at radius 3 is 3.10 bits per heavy atom. The summed E-state index contributed by atoms with van der Waals surface area (Å²) in [5, 5.41) is 0.455. The van der Waals surface area contributed by atoms with Crippen LogP contribution in [-0.2, 0) is 11.3 Å². The third kappa shape index (κ3) is 3.26. The Hall–Kier alpha value is -1.43. The summed E-state index contributed by atoms with van der Waals surface area (Å²) >= 11 is 6.13. The summed E-state index contributed by atoms with van der Waals surface area (Å²) in [6.45, 7) is 4.67. The highest BCUT2D eigenvalue weighted by Gasteiger charge is 2.27. The first-order valence-corrected chi connectivity index (χ1v) is 7.28. The van der Waals surface area contributed by atoms with Gasteiger partial charge in [-0.3, -0.25) is 4.90 Å². The van der Waals surface area contributed by atoms with E-state index in [0.29, 0.717) is 24.8 Å². The van der Waals surface area contributed by atoms with Gasteiger partial charge in [-0.25, -0.2) is 9.37 Å². The molecule has 6 heteroatoms. The van der Waals surface area contributed by atoms with Crippen LogP contribution >= 0.6 is 11.6 Å². The van der Waals surface area contributed by atoms with Crippen LogP contribution in [0.2, 0.25) is 5.02 Å². The summed E-state index contributed by atoms with van der Waals surface area (Å²) in [7, 11) is 0. The molecular weight excluding hydrogens is 293 g/mol. The molecule has 3 rings (SSSR count). The number of aryl methyl sites for hydroxylation is 1. The van der Waals surface area contributed by atoms with Gasteiger partial charge in [0.1, 0.15) is 11.6 Å². The highest BCUT2D eigenvalue weighted by atomic mass is 35.5. The maximum atomic E-state index is 13.1. The van der Waals surface area contributed by atoms with E-state index in [1.807, 2.05) is 13.1 Å². The van der Waals surface area contributed by atoms with Crippen LogP contribution in [0.5, 0.6) is 0 Å². The summed E-state index contributed by atoms with van der Waals surface area (Å²) in [5.74, 6) is 0.578. The Morgan fingerprint density at radius 1 is 1.52 bits per heavy atom. The number of hydrogen-bond donors (Lipinski definition) is 1. The number of ether oxygens (including phenoxy) is 1. The molecule has 1 unspecified atom stereocenters. The van der Waals surface area contributed by atoms with E-state index in [1.165, 1.54) is 12.1 Å². The molecule has 1 aromatic heterocycles. The number of imidazole rings is 1. The van der Waals surface area contributed by atoms with Gasteiger partial charge in [0.25, 0.3) is 0 Å². The lowest BCUT2D eigenvalue weighted by molar-refractivity contribution is -0.0156. The van der Waals surface area contributed by atoms with Crippen LogP contribution in [0.25, 0.3) is 0 Å². The fourth-order valence-electron chi connectivity index (χ4n) is 2.55. The quantitative estimate of drug-likeness (QED) is 0.947. The molecule has 1 atom stereocenters. The van der Waals surface area contributed by atoms with Crippen molar-refractivity contribution in [2.75, 3.05) is 19.8 Å². The Balaban J connectivity index is 1.81. The van der Waals surface area contributed by atoms with Gasteiger partial charge in [-0.2, -0.15) is 0 Å². The molecule has 1 N–H and O–H groups in total. The van der Waals surface area contributed by atoms with Crippen molar-refractivity contribution in [2.24, 2.45) is 0 Å². The van der Waals surface area contributed by atoms with Crippen molar-refractivity contribution >= 4 is 11.6 Å². The zero-order valence-electron chi connectivity index (χ0n) is 11.8. The smallest absolute Gasteiger partial charge is 0.126 e. The second-order valence-corrected chi connectivity index (χ2v) is 5.66. The minimum absolute atomic E-state index is 0.0635. The summed E-state index contributed by atoms with van der Waals surface area (Å²) in [5.41, 5.74) is 1.93. The van der Waals surface area contributed by atoms with Gasteiger partial charge in [-0.05, 0) is 24.6 Å². The molecule has 112 valence electrons. The van der Waals surface area contributed by atoms with Crippen LogP contribution < -0.4 is 0 Å². The predicted octanol–water partition coefficient (Wildman–Crippen LogP) is 3.08. The van der Waals surface area contributed by atoms with E-state index in [-0.39, 0.29) is 11.9 Å². The molecule has 2 aromatic rings. The first-order valence-electron chi connectivity index (χ1n) is 6.90. The van der Waals surface area contributed by atoms with Crippen LogP contribution in [-0.4, -0.2) is 34.6 Å². The lowest BCUT2D eigenvalue weighted by atomic mass is 10.1. The van der Waals surface area contributed by atoms with Crippen LogP contribution in [0.1, 0.15) is 23.1 Å². The van der Waals surface area contributed by atoms with Crippen LogP contribution in [0, 0.1) is 12.7 Å². The van der Waals surface area contributed by atoms with Crippen LogP contribution in [0.3, 0.4) is 0 Å². The van der Waals surface area contributed by atoms with Crippen molar-refractivity contribution in [2.45, 2.75) is 19.5 Å². The minimum Gasteiger partial charge on any atom is -0.378 e. The number of benzene rings is 1. The van der Waals surface area contributed by atoms with Crippen molar-refractivity contribution in [3.05, 3.63) is 52.3 Å². The van der Waals surface area contributed by atoms with E-state index in [2.05, 4.69) is 14.9 Å². The van der Waals surface area contributed by atoms with Gasteiger partial charge in [-0.1, -0.05) is 17.7 Å². The van der Waals surface area contributed by atoms with Gasteiger partial charge in [0.2, 0.25) is 0 Å². The van der Waals surface area contributed by atoms with E-state index in [1.54, 1.807) is 6.07 Å².